The summed E-state index contributed by atoms with van der Waals surface area (Å²) >= 11 is 1.11. The third-order valence-electron chi connectivity index (χ3n) is 3.01. The van der Waals surface area contributed by atoms with E-state index in [4.69, 9.17) is 10.8 Å². The van der Waals surface area contributed by atoms with Crippen LogP contribution < -0.4 is 5.73 Å². The van der Waals surface area contributed by atoms with Crippen molar-refractivity contribution in [2.24, 2.45) is 5.73 Å². The molecule has 7 nitrogen and oxygen atoms in total. The Kier molecular flexibility index (Phi) is 4.46. The van der Waals surface area contributed by atoms with E-state index in [9.17, 15) is 9.59 Å². The maximum atomic E-state index is 11.2. The second kappa shape index (κ2) is 6.13. The molecule has 0 spiro atoms. The number of nitrogens with two attached hydrogens (primary N) is 1. The number of fused-ring (bicyclic) bond motifs is 1. The van der Waals surface area contributed by atoms with Gasteiger partial charge in [0.2, 0.25) is 5.91 Å². The number of rotatable bonds is 6. The maximum Gasteiger partial charge on any atom is 0.313 e. The summed E-state index contributed by atoms with van der Waals surface area (Å²) in [6.07, 6.45) is 1.81. The quantitative estimate of drug-likeness (QED) is 0.779. The first kappa shape index (κ1) is 15.3. The molecule has 1 amide bonds. The number of nitrogens with zero attached hydrogens (tertiary/aromatic N) is 3. The standard InChI is InChI=1S/C13H16N4O3S/c1-7-3-4-15-12-11(7)16-13(21-6-10(19)20)17(12)8(2)5-9(14)18/h3-4,8H,5-6H2,1-2H3,(H2,14,18)(H,19,20). The highest BCUT2D eigenvalue weighted by Crippen LogP contribution is 2.29. The fraction of sp³-hybridized carbons (Fsp3) is 0.385. The van der Waals surface area contributed by atoms with Gasteiger partial charge < -0.3 is 15.4 Å². The SMILES string of the molecule is Cc1ccnc2c1nc(SCC(=O)O)n2C(C)CC(N)=O. The van der Waals surface area contributed by atoms with Crippen molar-refractivity contribution >= 4 is 34.8 Å². The van der Waals surface area contributed by atoms with Crippen LogP contribution in [0.4, 0.5) is 0 Å². The van der Waals surface area contributed by atoms with E-state index in [0.717, 1.165) is 17.3 Å². The number of amides is 1. The number of carboxylic acids is 1. The molecular weight excluding hydrogens is 292 g/mol. The molecule has 3 N–H and O–H groups in total. The second-order valence-corrected chi connectivity index (χ2v) is 5.71. The molecular formula is C13H16N4O3S. The zero-order valence-corrected chi connectivity index (χ0v) is 12.6. The van der Waals surface area contributed by atoms with Gasteiger partial charge in [-0.2, -0.15) is 0 Å². The number of imidazole rings is 1. The average molecular weight is 308 g/mol. The lowest BCUT2D eigenvalue weighted by Gasteiger charge is -2.14. The summed E-state index contributed by atoms with van der Waals surface area (Å²) in [5.74, 6) is -1.46. The predicted octanol–water partition coefficient (Wildman–Crippen LogP) is 1.35. The van der Waals surface area contributed by atoms with Gasteiger partial charge in [0.1, 0.15) is 5.52 Å². The van der Waals surface area contributed by atoms with E-state index < -0.39 is 11.9 Å². The predicted molar refractivity (Wildman–Crippen MR) is 79.1 cm³/mol. The highest BCUT2D eigenvalue weighted by molar-refractivity contribution is 7.99. The zero-order chi connectivity index (χ0) is 15.6. The summed E-state index contributed by atoms with van der Waals surface area (Å²) in [5.41, 5.74) is 7.54. The minimum atomic E-state index is -0.925. The van der Waals surface area contributed by atoms with Crippen LogP contribution in [0.1, 0.15) is 24.9 Å². The minimum Gasteiger partial charge on any atom is -0.481 e. The Hall–Kier alpha value is -2.09. The lowest BCUT2D eigenvalue weighted by molar-refractivity contribution is -0.134. The molecule has 0 bridgehead atoms. The van der Waals surface area contributed by atoms with Crippen molar-refractivity contribution < 1.29 is 14.7 Å². The normalized spacial score (nSPS) is 12.5. The van der Waals surface area contributed by atoms with Crippen LogP contribution in [0.15, 0.2) is 17.4 Å². The van der Waals surface area contributed by atoms with Crippen molar-refractivity contribution in [3.8, 4) is 0 Å². The molecule has 21 heavy (non-hydrogen) atoms. The summed E-state index contributed by atoms with van der Waals surface area (Å²) in [6, 6.07) is 1.60. The van der Waals surface area contributed by atoms with Gasteiger partial charge in [0.05, 0.1) is 5.75 Å². The maximum absolute atomic E-state index is 11.2. The monoisotopic (exact) mass is 308 g/mol. The third-order valence-corrected chi connectivity index (χ3v) is 3.95. The molecule has 0 aliphatic carbocycles. The number of hydrogen-bond donors (Lipinski definition) is 2. The topological polar surface area (TPSA) is 111 Å². The van der Waals surface area contributed by atoms with Crippen molar-refractivity contribution in [2.45, 2.75) is 31.5 Å². The molecule has 1 atom stereocenters. The van der Waals surface area contributed by atoms with Crippen LogP contribution in [0.5, 0.6) is 0 Å². The fourth-order valence-electron chi connectivity index (χ4n) is 2.10. The molecule has 2 aromatic heterocycles. The van der Waals surface area contributed by atoms with E-state index in [0.29, 0.717) is 16.3 Å². The summed E-state index contributed by atoms with van der Waals surface area (Å²) in [4.78, 5) is 30.7. The molecule has 0 aliphatic rings. The highest BCUT2D eigenvalue weighted by atomic mass is 32.2. The van der Waals surface area contributed by atoms with Crippen molar-refractivity contribution in [1.29, 1.82) is 0 Å². The molecule has 0 saturated heterocycles. The number of primary amides is 1. The van der Waals surface area contributed by atoms with E-state index in [1.54, 1.807) is 10.8 Å². The minimum absolute atomic E-state index is 0.105. The van der Waals surface area contributed by atoms with Gasteiger partial charge in [-0.05, 0) is 25.5 Å². The van der Waals surface area contributed by atoms with Crippen LogP contribution in [0, 0.1) is 6.92 Å². The van der Waals surface area contributed by atoms with Gasteiger partial charge >= 0.3 is 5.97 Å². The molecule has 8 heteroatoms. The fourth-order valence-corrected chi connectivity index (χ4v) is 2.91. The molecule has 2 heterocycles. The van der Waals surface area contributed by atoms with Gasteiger partial charge in [-0.25, -0.2) is 9.97 Å². The van der Waals surface area contributed by atoms with Crippen LogP contribution in [0.2, 0.25) is 0 Å². The third kappa shape index (κ3) is 3.33. The van der Waals surface area contributed by atoms with Crippen molar-refractivity contribution in [2.75, 3.05) is 5.75 Å². The van der Waals surface area contributed by atoms with Gasteiger partial charge in [-0.3, -0.25) is 9.59 Å². The Morgan fingerprint density at radius 2 is 2.24 bits per heavy atom. The lowest BCUT2D eigenvalue weighted by Crippen LogP contribution is -2.18. The van der Waals surface area contributed by atoms with Crippen molar-refractivity contribution in [3.63, 3.8) is 0 Å². The number of carboxylic acid groups (broad SMARTS) is 1. The van der Waals surface area contributed by atoms with Crippen LogP contribution in [0.3, 0.4) is 0 Å². The van der Waals surface area contributed by atoms with E-state index in [1.807, 2.05) is 19.9 Å². The number of carbonyl (C=O) groups excluding carboxylic acids is 1. The molecule has 0 aromatic carbocycles. The summed E-state index contributed by atoms with van der Waals surface area (Å²) in [6.45, 7) is 3.74. The van der Waals surface area contributed by atoms with Gasteiger partial charge in [-0.15, -0.1) is 0 Å². The number of thioether (sulfide) groups is 1. The first-order valence-electron chi connectivity index (χ1n) is 6.36. The highest BCUT2D eigenvalue weighted by Gasteiger charge is 2.20. The molecule has 0 radical (unpaired) electrons. The first-order valence-corrected chi connectivity index (χ1v) is 7.35. The Morgan fingerprint density at radius 1 is 1.52 bits per heavy atom. The molecule has 112 valence electrons. The number of hydrogen-bond acceptors (Lipinski definition) is 5. The van der Waals surface area contributed by atoms with Gasteiger partial charge in [0.15, 0.2) is 10.8 Å². The Balaban J connectivity index is 2.51. The van der Waals surface area contributed by atoms with Gasteiger partial charge in [0.25, 0.3) is 0 Å². The van der Waals surface area contributed by atoms with E-state index in [2.05, 4.69) is 9.97 Å². The number of aliphatic carboxylic acids is 1. The summed E-state index contributed by atoms with van der Waals surface area (Å²) < 4.78 is 1.78. The molecule has 0 saturated carbocycles. The smallest absolute Gasteiger partial charge is 0.313 e. The molecule has 0 fully saturated rings. The molecule has 2 rings (SSSR count). The van der Waals surface area contributed by atoms with E-state index in [-0.39, 0.29) is 18.2 Å². The molecule has 0 aliphatic heterocycles. The Labute approximate surface area is 125 Å². The Morgan fingerprint density at radius 3 is 2.86 bits per heavy atom. The van der Waals surface area contributed by atoms with Crippen LogP contribution >= 0.6 is 11.8 Å². The summed E-state index contributed by atoms with van der Waals surface area (Å²) in [5, 5.41) is 9.36. The second-order valence-electron chi connectivity index (χ2n) is 4.77. The van der Waals surface area contributed by atoms with Gasteiger partial charge in [-0.1, -0.05) is 11.8 Å². The number of pyridine rings is 1. The number of carbonyl (C=O) groups is 2. The Bertz CT molecular complexity index is 698. The number of aryl methyl sites for hydroxylation is 1. The van der Waals surface area contributed by atoms with E-state index >= 15 is 0 Å². The summed E-state index contributed by atoms with van der Waals surface area (Å²) in [7, 11) is 0. The van der Waals surface area contributed by atoms with Gasteiger partial charge in [0, 0.05) is 18.7 Å². The van der Waals surface area contributed by atoms with Crippen LogP contribution in [-0.2, 0) is 9.59 Å². The average Bonchev–Trinajstić information content (AvgIpc) is 2.75. The molecule has 2 aromatic rings. The molecule has 1 unspecified atom stereocenters. The van der Waals surface area contributed by atoms with E-state index in [1.165, 1.54) is 0 Å². The van der Waals surface area contributed by atoms with Crippen molar-refractivity contribution in [3.05, 3.63) is 17.8 Å². The largest absolute Gasteiger partial charge is 0.481 e. The first-order chi connectivity index (χ1) is 9.90. The van der Waals surface area contributed by atoms with Crippen LogP contribution in [0.25, 0.3) is 11.2 Å². The lowest BCUT2D eigenvalue weighted by atomic mass is 10.2. The van der Waals surface area contributed by atoms with Crippen LogP contribution in [-0.4, -0.2) is 37.3 Å². The number of aromatic nitrogens is 3. The zero-order valence-electron chi connectivity index (χ0n) is 11.7. The van der Waals surface area contributed by atoms with Crippen molar-refractivity contribution in [1.82, 2.24) is 14.5 Å².